The normalized spacial score (nSPS) is 14.4. The second kappa shape index (κ2) is 7.45. The van der Waals surface area contributed by atoms with Gasteiger partial charge in [0.2, 0.25) is 0 Å². The zero-order valence-corrected chi connectivity index (χ0v) is 15.9. The summed E-state index contributed by atoms with van der Waals surface area (Å²) in [6.45, 7) is 5.19. The van der Waals surface area contributed by atoms with Crippen LogP contribution in [0.5, 0.6) is 0 Å². The minimum Gasteiger partial charge on any atom is -0.368 e. The molecule has 0 spiro atoms. The van der Waals surface area contributed by atoms with Gasteiger partial charge in [-0.05, 0) is 36.8 Å². The van der Waals surface area contributed by atoms with Crippen LogP contribution < -0.4 is 4.90 Å². The summed E-state index contributed by atoms with van der Waals surface area (Å²) in [5, 5.41) is 4.96. The lowest BCUT2D eigenvalue weighted by molar-refractivity contribution is 0.0747. The number of amides is 1. The SMILES string of the molecule is Cc1ccccc1N1CCN(C(=O)c2cnn(-c3cccc(Cl)c3)c2)CC1. The molecule has 138 valence electrons. The Labute approximate surface area is 163 Å². The largest absolute Gasteiger partial charge is 0.368 e. The Kier molecular flexibility index (Phi) is 4.86. The van der Waals surface area contributed by atoms with Crippen LogP contribution in [0.4, 0.5) is 5.69 Å². The van der Waals surface area contributed by atoms with Crippen LogP contribution in [0.15, 0.2) is 60.9 Å². The van der Waals surface area contributed by atoms with Crippen LogP contribution >= 0.6 is 11.6 Å². The molecular formula is C21H21ClN4O. The molecule has 5 nitrogen and oxygen atoms in total. The van der Waals surface area contributed by atoms with E-state index in [1.807, 2.05) is 29.2 Å². The fourth-order valence-electron chi connectivity index (χ4n) is 3.44. The zero-order chi connectivity index (χ0) is 18.8. The number of anilines is 1. The molecule has 27 heavy (non-hydrogen) atoms. The summed E-state index contributed by atoms with van der Waals surface area (Å²) < 4.78 is 1.68. The van der Waals surface area contributed by atoms with E-state index in [0.29, 0.717) is 23.7 Å². The van der Waals surface area contributed by atoms with E-state index in [9.17, 15) is 4.79 Å². The van der Waals surface area contributed by atoms with Crippen molar-refractivity contribution < 1.29 is 4.79 Å². The highest BCUT2D eigenvalue weighted by Crippen LogP contribution is 2.21. The lowest BCUT2D eigenvalue weighted by atomic mass is 10.1. The molecule has 0 radical (unpaired) electrons. The van der Waals surface area contributed by atoms with E-state index in [4.69, 9.17) is 11.6 Å². The highest BCUT2D eigenvalue weighted by atomic mass is 35.5. The van der Waals surface area contributed by atoms with Crippen molar-refractivity contribution in [1.82, 2.24) is 14.7 Å². The van der Waals surface area contributed by atoms with Crippen molar-refractivity contribution >= 4 is 23.2 Å². The third-order valence-electron chi connectivity index (χ3n) is 4.93. The zero-order valence-electron chi connectivity index (χ0n) is 15.2. The molecule has 4 rings (SSSR count). The number of hydrogen-bond acceptors (Lipinski definition) is 3. The fraction of sp³-hybridized carbons (Fsp3) is 0.238. The molecule has 0 N–H and O–H groups in total. The molecule has 0 unspecified atom stereocenters. The maximum atomic E-state index is 12.8. The predicted octanol–water partition coefficient (Wildman–Crippen LogP) is 3.80. The Hall–Kier alpha value is -2.79. The number of aryl methyl sites for hydroxylation is 1. The first kappa shape index (κ1) is 17.6. The first-order valence-corrected chi connectivity index (χ1v) is 9.40. The van der Waals surface area contributed by atoms with Gasteiger partial charge in [-0.2, -0.15) is 5.10 Å². The lowest BCUT2D eigenvalue weighted by Crippen LogP contribution is -2.48. The molecule has 3 aromatic rings. The van der Waals surface area contributed by atoms with Gasteiger partial charge >= 0.3 is 0 Å². The van der Waals surface area contributed by atoms with E-state index in [-0.39, 0.29) is 5.91 Å². The Morgan fingerprint density at radius 3 is 2.56 bits per heavy atom. The molecule has 1 amide bonds. The molecule has 1 fully saturated rings. The molecule has 1 aromatic heterocycles. The number of aromatic nitrogens is 2. The number of rotatable bonds is 3. The maximum Gasteiger partial charge on any atom is 0.257 e. The van der Waals surface area contributed by atoms with Crippen molar-refractivity contribution in [2.45, 2.75) is 6.92 Å². The van der Waals surface area contributed by atoms with E-state index < -0.39 is 0 Å². The van der Waals surface area contributed by atoms with E-state index >= 15 is 0 Å². The number of piperazine rings is 1. The summed E-state index contributed by atoms with van der Waals surface area (Å²) in [7, 11) is 0. The summed E-state index contributed by atoms with van der Waals surface area (Å²) in [6, 6.07) is 15.8. The second-order valence-electron chi connectivity index (χ2n) is 6.72. The number of benzene rings is 2. The van der Waals surface area contributed by atoms with Crippen LogP contribution in [0.2, 0.25) is 5.02 Å². The van der Waals surface area contributed by atoms with Gasteiger partial charge in [0, 0.05) is 43.1 Å². The smallest absolute Gasteiger partial charge is 0.257 e. The van der Waals surface area contributed by atoms with Gasteiger partial charge in [0.25, 0.3) is 5.91 Å². The number of halogens is 1. The molecule has 1 aliphatic heterocycles. The van der Waals surface area contributed by atoms with Crippen molar-refractivity contribution in [3.8, 4) is 5.69 Å². The average Bonchev–Trinajstić information content (AvgIpc) is 3.18. The number of carbonyl (C=O) groups is 1. The molecule has 0 bridgehead atoms. The summed E-state index contributed by atoms with van der Waals surface area (Å²) in [5.41, 5.74) is 3.95. The summed E-state index contributed by atoms with van der Waals surface area (Å²) in [4.78, 5) is 17.1. The second-order valence-corrected chi connectivity index (χ2v) is 7.16. The molecule has 1 aliphatic rings. The predicted molar refractivity (Wildman–Crippen MR) is 108 cm³/mol. The van der Waals surface area contributed by atoms with Crippen LogP contribution in [0.1, 0.15) is 15.9 Å². The topological polar surface area (TPSA) is 41.4 Å². The third kappa shape index (κ3) is 3.69. The van der Waals surface area contributed by atoms with Gasteiger partial charge < -0.3 is 9.80 Å². The Bertz CT molecular complexity index is 960. The van der Waals surface area contributed by atoms with E-state index in [1.165, 1.54) is 11.3 Å². The fourth-order valence-corrected chi connectivity index (χ4v) is 3.63. The highest BCUT2D eigenvalue weighted by Gasteiger charge is 2.23. The van der Waals surface area contributed by atoms with Gasteiger partial charge in [-0.15, -0.1) is 0 Å². The molecule has 0 atom stereocenters. The minimum absolute atomic E-state index is 0.0210. The summed E-state index contributed by atoms with van der Waals surface area (Å²) in [6.07, 6.45) is 3.39. The van der Waals surface area contributed by atoms with Gasteiger partial charge in [-0.1, -0.05) is 35.9 Å². The van der Waals surface area contributed by atoms with Gasteiger partial charge in [0.05, 0.1) is 17.4 Å². The van der Waals surface area contributed by atoms with Crippen LogP contribution in [-0.2, 0) is 0 Å². The molecule has 6 heteroatoms. The van der Waals surface area contributed by atoms with Crippen molar-refractivity contribution in [2.75, 3.05) is 31.1 Å². The van der Waals surface area contributed by atoms with E-state index in [0.717, 1.165) is 18.8 Å². The summed E-state index contributed by atoms with van der Waals surface area (Å²) in [5.74, 6) is 0.0210. The number of carbonyl (C=O) groups excluding carboxylic acids is 1. The number of hydrogen-bond donors (Lipinski definition) is 0. The van der Waals surface area contributed by atoms with Crippen molar-refractivity contribution in [1.29, 1.82) is 0 Å². The Morgan fingerprint density at radius 1 is 1.04 bits per heavy atom. The standard InChI is InChI=1S/C21H21ClN4O/c1-16-5-2-3-8-20(16)24-9-11-25(12-10-24)21(27)17-14-23-26(15-17)19-7-4-6-18(22)13-19/h2-8,13-15H,9-12H2,1H3. The Balaban J connectivity index is 1.43. The van der Waals surface area contributed by atoms with Crippen LogP contribution in [0.25, 0.3) is 5.69 Å². The molecular weight excluding hydrogens is 360 g/mol. The number of nitrogens with zero attached hydrogens (tertiary/aromatic N) is 4. The van der Waals surface area contributed by atoms with Gasteiger partial charge in [-0.3, -0.25) is 4.79 Å². The maximum absolute atomic E-state index is 12.8. The van der Waals surface area contributed by atoms with Gasteiger partial charge in [0.1, 0.15) is 0 Å². The van der Waals surface area contributed by atoms with Crippen LogP contribution in [0, 0.1) is 6.92 Å². The Morgan fingerprint density at radius 2 is 1.81 bits per heavy atom. The first-order chi connectivity index (χ1) is 13.1. The molecule has 0 aliphatic carbocycles. The minimum atomic E-state index is 0.0210. The van der Waals surface area contributed by atoms with Crippen molar-refractivity contribution in [2.24, 2.45) is 0 Å². The quantitative estimate of drug-likeness (QED) is 0.694. The van der Waals surface area contributed by atoms with Crippen molar-refractivity contribution in [3.63, 3.8) is 0 Å². The van der Waals surface area contributed by atoms with Crippen LogP contribution in [-0.4, -0.2) is 46.8 Å². The first-order valence-electron chi connectivity index (χ1n) is 9.02. The monoisotopic (exact) mass is 380 g/mol. The summed E-state index contributed by atoms with van der Waals surface area (Å²) >= 11 is 6.04. The molecule has 2 heterocycles. The average molecular weight is 381 g/mol. The molecule has 0 saturated carbocycles. The molecule has 2 aromatic carbocycles. The van der Waals surface area contributed by atoms with Gasteiger partial charge in [-0.25, -0.2) is 4.68 Å². The van der Waals surface area contributed by atoms with Gasteiger partial charge in [0.15, 0.2) is 0 Å². The van der Waals surface area contributed by atoms with Crippen LogP contribution in [0.3, 0.4) is 0 Å². The highest BCUT2D eigenvalue weighted by molar-refractivity contribution is 6.30. The van der Waals surface area contributed by atoms with E-state index in [2.05, 4.69) is 41.2 Å². The third-order valence-corrected chi connectivity index (χ3v) is 5.16. The molecule has 1 saturated heterocycles. The lowest BCUT2D eigenvalue weighted by Gasteiger charge is -2.36. The number of para-hydroxylation sites is 1. The van der Waals surface area contributed by atoms with Crippen molar-refractivity contribution in [3.05, 3.63) is 77.1 Å². The van der Waals surface area contributed by atoms with E-state index in [1.54, 1.807) is 17.1 Å².